The second kappa shape index (κ2) is 5.30. The summed E-state index contributed by atoms with van der Waals surface area (Å²) in [4.78, 5) is 0. The molecular weight excluding hydrogens is 242 g/mol. The Kier molecular flexibility index (Phi) is 3.95. The molecule has 0 heterocycles. The van der Waals surface area contributed by atoms with Gasteiger partial charge in [0.2, 0.25) is 0 Å². The van der Waals surface area contributed by atoms with Crippen molar-refractivity contribution in [1.82, 2.24) is 5.32 Å². The van der Waals surface area contributed by atoms with Gasteiger partial charge in [0.1, 0.15) is 0 Å². The Hall–Kier alpha value is -0.0400. The van der Waals surface area contributed by atoms with Gasteiger partial charge in [-0.25, -0.2) is 0 Å². The van der Waals surface area contributed by atoms with E-state index in [-0.39, 0.29) is 0 Å². The van der Waals surface area contributed by atoms with E-state index in [1.807, 2.05) is 0 Å². The van der Waals surface area contributed by atoms with Gasteiger partial charge >= 0.3 is 0 Å². The van der Waals surface area contributed by atoms with Crippen molar-refractivity contribution >= 4 is 0 Å². The molecule has 20 heavy (non-hydrogen) atoms. The van der Waals surface area contributed by atoms with Crippen LogP contribution in [0.2, 0.25) is 0 Å². The molecule has 0 aromatic rings. The zero-order chi connectivity index (χ0) is 14.4. The van der Waals surface area contributed by atoms with Gasteiger partial charge in [-0.15, -0.1) is 0 Å². The highest BCUT2D eigenvalue weighted by atomic mass is 15.0. The lowest BCUT2D eigenvalue weighted by Crippen LogP contribution is -2.49. The Morgan fingerprint density at radius 2 is 1.60 bits per heavy atom. The van der Waals surface area contributed by atoms with Crippen LogP contribution >= 0.6 is 0 Å². The molecule has 0 saturated heterocycles. The average Bonchev–Trinajstić information content (AvgIpc) is 2.68. The Balaban J connectivity index is 1.64. The molecule has 3 unspecified atom stereocenters. The fourth-order valence-corrected chi connectivity index (χ4v) is 5.72. The predicted molar refractivity (Wildman–Crippen MR) is 86.8 cm³/mol. The number of fused-ring (bicyclic) bond motifs is 2. The van der Waals surface area contributed by atoms with Crippen molar-refractivity contribution in [2.75, 3.05) is 0 Å². The maximum atomic E-state index is 4.10. The highest BCUT2D eigenvalue weighted by Gasteiger charge is 2.61. The first-order valence-electron chi connectivity index (χ1n) is 9.21. The fourth-order valence-electron chi connectivity index (χ4n) is 5.72. The molecule has 1 heteroatoms. The molecule has 0 amide bonds. The number of hydrogen-bond donors (Lipinski definition) is 1. The van der Waals surface area contributed by atoms with Crippen molar-refractivity contribution in [2.24, 2.45) is 22.7 Å². The van der Waals surface area contributed by atoms with Gasteiger partial charge in [0, 0.05) is 12.1 Å². The summed E-state index contributed by atoms with van der Waals surface area (Å²) in [6.07, 6.45) is 13.1. The number of hydrogen-bond acceptors (Lipinski definition) is 1. The first kappa shape index (κ1) is 14.9. The molecule has 3 aliphatic carbocycles. The molecule has 3 fully saturated rings. The molecule has 0 spiro atoms. The van der Waals surface area contributed by atoms with Crippen molar-refractivity contribution in [3.63, 3.8) is 0 Å². The van der Waals surface area contributed by atoms with Crippen LogP contribution in [0.4, 0.5) is 0 Å². The second-order valence-electron chi connectivity index (χ2n) is 8.87. The maximum Gasteiger partial charge on any atom is 0.0131 e. The van der Waals surface area contributed by atoms with Crippen LogP contribution < -0.4 is 5.32 Å². The van der Waals surface area contributed by atoms with E-state index in [2.05, 4.69) is 33.0 Å². The van der Waals surface area contributed by atoms with Crippen LogP contribution in [-0.2, 0) is 0 Å². The van der Waals surface area contributed by atoms with E-state index >= 15 is 0 Å². The quantitative estimate of drug-likeness (QED) is 0.703. The smallest absolute Gasteiger partial charge is 0.0131 e. The zero-order valence-electron chi connectivity index (χ0n) is 14.2. The van der Waals surface area contributed by atoms with E-state index in [4.69, 9.17) is 0 Å². The SMILES string of the molecule is C[C@H](NC1CC2CCC1(C)C2(C)C)C1CCCCCC1. The highest BCUT2D eigenvalue weighted by Crippen LogP contribution is 2.65. The van der Waals surface area contributed by atoms with Crippen molar-refractivity contribution in [3.05, 3.63) is 0 Å². The summed E-state index contributed by atoms with van der Waals surface area (Å²) in [5.74, 6) is 1.90. The number of nitrogens with one attached hydrogen (secondary N) is 1. The van der Waals surface area contributed by atoms with Gasteiger partial charge in [-0.05, 0) is 61.7 Å². The van der Waals surface area contributed by atoms with Crippen molar-refractivity contribution in [2.45, 2.75) is 97.6 Å². The van der Waals surface area contributed by atoms with Crippen molar-refractivity contribution in [3.8, 4) is 0 Å². The molecule has 3 aliphatic rings. The van der Waals surface area contributed by atoms with E-state index in [0.29, 0.717) is 10.8 Å². The molecular formula is C19H35N. The van der Waals surface area contributed by atoms with Gasteiger partial charge in [-0.1, -0.05) is 46.5 Å². The maximum absolute atomic E-state index is 4.10. The van der Waals surface area contributed by atoms with Crippen molar-refractivity contribution in [1.29, 1.82) is 0 Å². The van der Waals surface area contributed by atoms with E-state index in [0.717, 1.165) is 23.9 Å². The van der Waals surface area contributed by atoms with Gasteiger partial charge in [0.05, 0.1) is 0 Å². The Bertz CT molecular complexity index is 340. The summed E-state index contributed by atoms with van der Waals surface area (Å²) in [7, 11) is 0. The minimum atomic E-state index is 0.538. The molecule has 1 N–H and O–H groups in total. The minimum Gasteiger partial charge on any atom is -0.311 e. The summed E-state index contributed by atoms with van der Waals surface area (Å²) >= 11 is 0. The summed E-state index contributed by atoms with van der Waals surface area (Å²) in [6, 6.07) is 1.50. The van der Waals surface area contributed by atoms with Gasteiger partial charge < -0.3 is 5.32 Å². The van der Waals surface area contributed by atoms with E-state index in [9.17, 15) is 0 Å². The van der Waals surface area contributed by atoms with Gasteiger partial charge in [-0.2, -0.15) is 0 Å². The Morgan fingerprint density at radius 1 is 0.950 bits per heavy atom. The first-order chi connectivity index (χ1) is 9.45. The molecule has 0 radical (unpaired) electrons. The zero-order valence-corrected chi connectivity index (χ0v) is 14.2. The third-order valence-corrected chi connectivity index (χ3v) is 7.87. The monoisotopic (exact) mass is 277 g/mol. The largest absolute Gasteiger partial charge is 0.311 e. The molecule has 4 atom stereocenters. The van der Waals surface area contributed by atoms with Crippen LogP contribution in [0.1, 0.15) is 85.5 Å². The first-order valence-corrected chi connectivity index (χ1v) is 9.21. The molecule has 2 bridgehead atoms. The summed E-state index contributed by atoms with van der Waals surface area (Å²) in [5.41, 5.74) is 1.09. The van der Waals surface area contributed by atoms with Gasteiger partial charge in [0.25, 0.3) is 0 Å². The molecule has 0 aromatic carbocycles. The minimum absolute atomic E-state index is 0.538. The molecule has 0 aromatic heterocycles. The van der Waals surface area contributed by atoms with E-state index < -0.39 is 0 Å². The Morgan fingerprint density at radius 3 is 2.10 bits per heavy atom. The van der Waals surface area contributed by atoms with Crippen LogP contribution in [0.5, 0.6) is 0 Å². The molecule has 3 saturated carbocycles. The molecule has 0 aliphatic heterocycles. The van der Waals surface area contributed by atoms with Crippen molar-refractivity contribution < 1.29 is 0 Å². The molecule has 116 valence electrons. The highest BCUT2D eigenvalue weighted by molar-refractivity contribution is 5.13. The summed E-state index contributed by atoms with van der Waals surface area (Å²) in [6.45, 7) is 10.1. The summed E-state index contributed by atoms with van der Waals surface area (Å²) < 4.78 is 0. The van der Waals surface area contributed by atoms with Crippen LogP contribution in [-0.4, -0.2) is 12.1 Å². The van der Waals surface area contributed by atoms with Gasteiger partial charge in [0.15, 0.2) is 0 Å². The fraction of sp³-hybridized carbons (Fsp3) is 1.00. The lowest BCUT2D eigenvalue weighted by Gasteiger charge is -2.41. The van der Waals surface area contributed by atoms with Crippen LogP contribution in [0.15, 0.2) is 0 Å². The van der Waals surface area contributed by atoms with Crippen LogP contribution in [0.3, 0.4) is 0 Å². The third kappa shape index (κ3) is 2.25. The second-order valence-corrected chi connectivity index (χ2v) is 8.87. The molecule has 1 nitrogen and oxygen atoms in total. The predicted octanol–water partition coefficient (Wildman–Crippen LogP) is 5.15. The third-order valence-electron chi connectivity index (χ3n) is 7.87. The van der Waals surface area contributed by atoms with E-state index in [1.54, 1.807) is 0 Å². The van der Waals surface area contributed by atoms with E-state index in [1.165, 1.54) is 57.8 Å². The standard InChI is InChI=1S/C19H35N/c1-14(15-9-7-5-6-8-10-15)20-17-13-16-11-12-19(17,4)18(16,2)3/h14-17,20H,5-13H2,1-4H3/t14-,16?,17?,19?/m0/s1. The lowest BCUT2D eigenvalue weighted by molar-refractivity contribution is 0.110. The van der Waals surface area contributed by atoms with Crippen LogP contribution in [0.25, 0.3) is 0 Å². The Labute approximate surface area is 126 Å². The number of rotatable bonds is 3. The van der Waals surface area contributed by atoms with Gasteiger partial charge in [-0.3, -0.25) is 0 Å². The average molecular weight is 277 g/mol. The van der Waals surface area contributed by atoms with Crippen LogP contribution in [0, 0.1) is 22.7 Å². The molecule has 3 rings (SSSR count). The lowest BCUT2D eigenvalue weighted by atomic mass is 9.69. The topological polar surface area (TPSA) is 12.0 Å². The summed E-state index contributed by atoms with van der Waals surface area (Å²) in [5, 5.41) is 4.10. The normalized spacial score (nSPS) is 42.6.